The van der Waals surface area contributed by atoms with Crippen LogP contribution < -0.4 is 5.19 Å². The zero-order chi connectivity index (χ0) is 33.4. The lowest BCUT2D eigenvalue weighted by Crippen LogP contribution is -2.66. The van der Waals surface area contributed by atoms with Crippen LogP contribution in [0.15, 0.2) is 42.5 Å². The van der Waals surface area contributed by atoms with Gasteiger partial charge >= 0.3 is 0 Å². The normalized spacial score (nSPS) is 12.9. The number of rotatable bonds is 11. The smallest absolute Gasteiger partial charge is 0.0673 e. The molecule has 3 heteroatoms. The van der Waals surface area contributed by atoms with Crippen LogP contribution in [0.3, 0.4) is 0 Å². The summed E-state index contributed by atoms with van der Waals surface area (Å²) in [4.78, 5) is 0. The monoisotopic (exact) mass is 640 g/mol. The molecule has 0 amide bonds. The first-order chi connectivity index (χ1) is 20.4. The van der Waals surface area contributed by atoms with E-state index >= 15 is 0 Å². The molecule has 0 heterocycles. The minimum absolute atomic E-state index is 0.467. The Labute approximate surface area is 277 Å². The van der Waals surface area contributed by atoms with E-state index in [1.165, 1.54) is 11.1 Å². The maximum atomic E-state index is 2.79. The van der Waals surface area contributed by atoms with Crippen LogP contribution in [0.4, 0.5) is 0 Å². The molecule has 0 N–H and O–H groups in total. The number of hydrogen-bond donors (Lipinski definition) is 0. The van der Waals surface area contributed by atoms with Crippen LogP contribution in [-0.4, -0.2) is 23.7 Å². The Bertz CT molecular complexity index is 1280. The topological polar surface area (TPSA) is 0 Å². The highest BCUT2D eigenvalue weighted by molar-refractivity contribution is 7.63. The Morgan fingerprint density at radius 2 is 0.727 bits per heavy atom. The molecule has 0 aromatic heterocycles. The van der Waals surface area contributed by atoms with E-state index in [4.69, 9.17) is 0 Å². The molecule has 3 aromatic carbocycles. The van der Waals surface area contributed by atoms with Crippen molar-refractivity contribution in [2.75, 3.05) is 0 Å². The van der Waals surface area contributed by atoms with Gasteiger partial charge in [-0.25, -0.2) is 0 Å². The zero-order valence-electron chi connectivity index (χ0n) is 31.5. The average molecular weight is 641 g/mol. The maximum absolute atomic E-state index is 2.79. The third kappa shape index (κ3) is 7.00. The fourth-order valence-electron chi connectivity index (χ4n) is 7.04. The number of hydrogen-bond acceptors (Lipinski definition) is 0. The molecule has 0 unspecified atom stereocenters. The first kappa shape index (κ1) is 36.8. The van der Waals surface area contributed by atoms with E-state index in [-0.39, 0.29) is 0 Å². The van der Waals surface area contributed by atoms with Crippen molar-refractivity contribution in [1.82, 2.24) is 0 Å². The van der Waals surface area contributed by atoms with Crippen LogP contribution in [0.25, 0.3) is 22.3 Å². The van der Waals surface area contributed by atoms with Crippen LogP contribution >= 0.6 is 0 Å². The van der Waals surface area contributed by atoms with Crippen LogP contribution in [0, 0.1) is 0 Å². The van der Waals surface area contributed by atoms with Crippen molar-refractivity contribution in [2.45, 2.75) is 151 Å². The van der Waals surface area contributed by atoms with E-state index in [2.05, 4.69) is 158 Å². The zero-order valence-corrected chi connectivity index (χ0v) is 34.5. The molecule has 0 spiro atoms. The standard InChI is InChI=1S/C41H64Si3/c1-25(2)31-21-35(27(5)6)39(36(22-31)28(7)8)33-19-18-20-34(41(33)44(17,42(13)14)43(15)16)40-37(29(9)10)23-32(26(3)4)24-38(40)30(11)12/h18-30H,1-17H3. The van der Waals surface area contributed by atoms with E-state index in [9.17, 15) is 0 Å². The predicted octanol–water partition coefficient (Wildman–Crippen LogP) is 12.7. The molecule has 0 aliphatic carbocycles. The van der Waals surface area contributed by atoms with Gasteiger partial charge < -0.3 is 0 Å². The fourth-order valence-corrected chi connectivity index (χ4v) is 27.2. The van der Waals surface area contributed by atoms with Crippen molar-refractivity contribution in [3.05, 3.63) is 75.8 Å². The summed E-state index contributed by atoms with van der Waals surface area (Å²) in [5, 5.41) is 1.78. The van der Waals surface area contributed by atoms with Gasteiger partial charge in [-0.2, -0.15) is 0 Å². The van der Waals surface area contributed by atoms with E-state index in [0.29, 0.717) is 35.5 Å². The molecule has 3 rings (SSSR count). The minimum Gasteiger partial charge on any atom is -0.0732 e. The fraction of sp³-hybridized carbons (Fsp3) is 0.561. The van der Waals surface area contributed by atoms with Gasteiger partial charge in [0.1, 0.15) is 0 Å². The quantitative estimate of drug-likeness (QED) is 0.183. The Kier molecular flexibility index (Phi) is 12.0. The van der Waals surface area contributed by atoms with Crippen molar-refractivity contribution in [3.63, 3.8) is 0 Å². The largest absolute Gasteiger partial charge is 0.0732 e. The van der Waals surface area contributed by atoms with Gasteiger partial charge in [0.05, 0.1) is 7.11 Å². The molecule has 2 radical (unpaired) electrons. The van der Waals surface area contributed by atoms with Crippen molar-refractivity contribution in [1.29, 1.82) is 0 Å². The van der Waals surface area contributed by atoms with Gasteiger partial charge in [-0.05, 0) is 96.3 Å². The summed E-state index contributed by atoms with van der Waals surface area (Å²) < 4.78 is 0. The molecular formula is C41H64Si3. The lowest BCUT2D eigenvalue weighted by atomic mass is 9.79. The average Bonchev–Trinajstić information content (AvgIpc) is 2.94. The Balaban J connectivity index is 2.74. The summed E-state index contributed by atoms with van der Waals surface area (Å²) in [7, 11) is -2.97. The molecule has 0 saturated carbocycles. The van der Waals surface area contributed by atoms with Gasteiger partial charge in [0.15, 0.2) is 0 Å². The molecule has 0 atom stereocenters. The van der Waals surface area contributed by atoms with Crippen molar-refractivity contribution in [2.24, 2.45) is 0 Å². The van der Waals surface area contributed by atoms with Crippen molar-refractivity contribution < 1.29 is 0 Å². The van der Waals surface area contributed by atoms with Gasteiger partial charge in [0.2, 0.25) is 0 Å². The molecule has 44 heavy (non-hydrogen) atoms. The molecule has 0 nitrogen and oxygen atoms in total. The molecular weight excluding hydrogens is 577 g/mol. The molecule has 240 valence electrons. The van der Waals surface area contributed by atoms with E-state index in [1.807, 2.05) is 0 Å². The van der Waals surface area contributed by atoms with E-state index in [1.54, 1.807) is 49.7 Å². The van der Waals surface area contributed by atoms with Gasteiger partial charge in [-0.3, -0.25) is 0 Å². The van der Waals surface area contributed by atoms with Crippen LogP contribution in [-0.2, 0) is 0 Å². The Hall–Kier alpha value is -1.69. The second-order valence-electron chi connectivity index (χ2n) is 15.9. The summed E-state index contributed by atoms with van der Waals surface area (Å²) >= 11 is 0. The third-order valence-electron chi connectivity index (χ3n) is 10.4. The SMILES string of the molecule is CC(C)c1cc(C(C)C)c(-c2cccc(-c3c(C(C)C)cc(C(C)C)cc3C(C)C)c2[Si](C)([Si](C)C)[Si](C)C)c(C(C)C)c1. The second-order valence-corrected chi connectivity index (χ2v) is 36.2. The van der Waals surface area contributed by atoms with Gasteiger partial charge in [-0.1, -0.05) is 158 Å². The van der Waals surface area contributed by atoms with E-state index in [0.717, 1.165) is 0 Å². The van der Waals surface area contributed by atoms with Crippen molar-refractivity contribution in [3.8, 4) is 22.3 Å². The summed E-state index contributed by atoms with van der Waals surface area (Å²) in [5.74, 6) is 2.91. The minimum atomic E-state index is -1.83. The number of benzene rings is 3. The second kappa shape index (κ2) is 14.4. The van der Waals surface area contributed by atoms with Crippen LogP contribution in [0.5, 0.6) is 0 Å². The maximum Gasteiger partial charge on any atom is 0.0673 e. The summed E-state index contributed by atoms with van der Waals surface area (Å²) in [5.41, 5.74) is 15.4. The summed E-state index contributed by atoms with van der Waals surface area (Å²) in [6.07, 6.45) is 0. The predicted molar refractivity (Wildman–Crippen MR) is 208 cm³/mol. The molecule has 0 bridgehead atoms. The van der Waals surface area contributed by atoms with Crippen LogP contribution in [0.2, 0.25) is 32.7 Å². The molecule has 0 fully saturated rings. The van der Waals surface area contributed by atoms with Gasteiger partial charge in [0.25, 0.3) is 0 Å². The highest BCUT2D eigenvalue weighted by atomic mass is 29.6. The summed E-state index contributed by atoms with van der Waals surface area (Å²) in [6, 6.07) is 17.7. The van der Waals surface area contributed by atoms with Crippen LogP contribution in [0.1, 0.15) is 152 Å². The lowest BCUT2D eigenvalue weighted by molar-refractivity contribution is 0.807. The Morgan fingerprint density at radius 3 is 0.932 bits per heavy atom. The lowest BCUT2D eigenvalue weighted by Gasteiger charge is -2.40. The Morgan fingerprint density at radius 1 is 0.455 bits per heavy atom. The molecule has 3 aromatic rings. The first-order valence-electron chi connectivity index (χ1n) is 17.5. The van der Waals surface area contributed by atoms with E-state index < -0.39 is 23.7 Å². The highest BCUT2D eigenvalue weighted by Gasteiger charge is 2.42. The molecule has 0 aliphatic rings. The molecule has 0 aliphatic heterocycles. The highest BCUT2D eigenvalue weighted by Crippen LogP contribution is 2.44. The third-order valence-corrected chi connectivity index (χ3v) is 38.4. The van der Waals surface area contributed by atoms with Gasteiger partial charge in [0, 0.05) is 16.6 Å². The molecule has 0 saturated heterocycles. The first-order valence-corrected chi connectivity index (χ1v) is 27.0. The van der Waals surface area contributed by atoms with Crippen molar-refractivity contribution >= 4 is 28.9 Å². The summed E-state index contributed by atoms with van der Waals surface area (Å²) in [6.45, 7) is 42.0. The van der Waals surface area contributed by atoms with Gasteiger partial charge in [-0.15, -0.1) is 0 Å².